The van der Waals surface area contributed by atoms with E-state index in [0.29, 0.717) is 18.1 Å². The number of rotatable bonds is 4. The summed E-state index contributed by atoms with van der Waals surface area (Å²) < 4.78 is 7.47. The average Bonchev–Trinajstić information content (AvgIpc) is 2.53. The third-order valence-corrected chi connectivity index (χ3v) is 5.06. The molecule has 21 heavy (non-hydrogen) atoms. The van der Waals surface area contributed by atoms with E-state index in [1.165, 1.54) is 18.4 Å². The van der Waals surface area contributed by atoms with Gasteiger partial charge in [-0.1, -0.05) is 35.0 Å². The number of halogens is 1. The lowest BCUT2D eigenvalue weighted by Gasteiger charge is -2.37. The number of allylic oxidation sites excluding steroid dienone is 2. The lowest BCUT2D eigenvalue weighted by atomic mass is 9.83. The van der Waals surface area contributed by atoms with Crippen LogP contribution in [0.1, 0.15) is 50.6 Å². The zero-order chi connectivity index (χ0) is 14.7. The van der Waals surface area contributed by atoms with E-state index in [2.05, 4.69) is 58.5 Å². The molecule has 0 bridgehead atoms. The van der Waals surface area contributed by atoms with Crippen LogP contribution in [0.4, 0.5) is 0 Å². The standard InChI is InChI=1S/C18H24BrNO/c1-2-10-20-16-12-18(13-6-4-3-5-7-13)21-17-9-8-14(19)11-15(16)17/h3-4,8-9,11,13,16,18,20H,2,5-7,10,12H2,1H3. The fourth-order valence-electron chi connectivity index (χ4n) is 3.42. The SMILES string of the molecule is CCCNC1CC(C2CC=CCC2)Oc2ccc(Br)cc21. The Labute approximate surface area is 136 Å². The van der Waals surface area contributed by atoms with Crippen LogP contribution < -0.4 is 10.1 Å². The maximum atomic E-state index is 6.34. The van der Waals surface area contributed by atoms with Crippen molar-refractivity contribution in [1.82, 2.24) is 5.32 Å². The summed E-state index contributed by atoms with van der Waals surface area (Å²) in [5, 5.41) is 3.70. The van der Waals surface area contributed by atoms with Crippen molar-refractivity contribution in [3.05, 3.63) is 40.4 Å². The number of hydrogen-bond donors (Lipinski definition) is 1. The third-order valence-electron chi connectivity index (χ3n) is 4.57. The maximum Gasteiger partial charge on any atom is 0.124 e. The van der Waals surface area contributed by atoms with Gasteiger partial charge in [-0.25, -0.2) is 0 Å². The van der Waals surface area contributed by atoms with Gasteiger partial charge in [0.15, 0.2) is 0 Å². The molecule has 1 aromatic carbocycles. The van der Waals surface area contributed by atoms with Crippen LogP contribution in [0.2, 0.25) is 0 Å². The zero-order valence-electron chi connectivity index (χ0n) is 12.6. The summed E-state index contributed by atoms with van der Waals surface area (Å²) in [5.41, 5.74) is 1.31. The van der Waals surface area contributed by atoms with Gasteiger partial charge in [0.25, 0.3) is 0 Å². The predicted molar refractivity (Wildman–Crippen MR) is 90.7 cm³/mol. The van der Waals surface area contributed by atoms with Crippen LogP contribution >= 0.6 is 15.9 Å². The summed E-state index contributed by atoms with van der Waals surface area (Å²) in [5.74, 6) is 1.73. The van der Waals surface area contributed by atoms with E-state index >= 15 is 0 Å². The minimum atomic E-state index is 0.345. The molecule has 0 saturated heterocycles. The predicted octanol–water partition coefficient (Wildman–Crippen LogP) is 5.00. The van der Waals surface area contributed by atoms with E-state index in [9.17, 15) is 0 Å². The van der Waals surface area contributed by atoms with Crippen molar-refractivity contribution >= 4 is 15.9 Å². The zero-order valence-corrected chi connectivity index (χ0v) is 14.2. The quantitative estimate of drug-likeness (QED) is 0.772. The molecule has 3 rings (SSSR count). The number of benzene rings is 1. The molecule has 3 heteroatoms. The Morgan fingerprint density at radius 1 is 1.33 bits per heavy atom. The van der Waals surface area contributed by atoms with E-state index in [0.717, 1.165) is 36.0 Å². The molecule has 1 heterocycles. The fourth-order valence-corrected chi connectivity index (χ4v) is 3.80. The molecule has 1 N–H and O–H groups in total. The van der Waals surface area contributed by atoms with Gasteiger partial charge in [0.1, 0.15) is 11.9 Å². The average molecular weight is 350 g/mol. The van der Waals surface area contributed by atoms with Crippen molar-refractivity contribution in [2.24, 2.45) is 5.92 Å². The van der Waals surface area contributed by atoms with Crippen molar-refractivity contribution in [3.8, 4) is 5.75 Å². The Morgan fingerprint density at radius 2 is 2.24 bits per heavy atom. The van der Waals surface area contributed by atoms with Gasteiger partial charge in [0.05, 0.1) is 0 Å². The summed E-state index contributed by atoms with van der Waals surface area (Å²) >= 11 is 3.59. The van der Waals surface area contributed by atoms with E-state index in [-0.39, 0.29) is 0 Å². The van der Waals surface area contributed by atoms with Crippen molar-refractivity contribution in [2.45, 2.75) is 51.2 Å². The first-order valence-corrected chi connectivity index (χ1v) is 8.91. The summed E-state index contributed by atoms with van der Waals surface area (Å²) in [6, 6.07) is 6.82. The van der Waals surface area contributed by atoms with E-state index in [1.807, 2.05) is 0 Å². The number of hydrogen-bond acceptors (Lipinski definition) is 2. The van der Waals surface area contributed by atoms with Crippen LogP contribution in [0.5, 0.6) is 5.75 Å². The summed E-state index contributed by atoms with van der Waals surface area (Å²) in [4.78, 5) is 0. The van der Waals surface area contributed by atoms with Gasteiger partial charge in [0, 0.05) is 22.5 Å². The van der Waals surface area contributed by atoms with Crippen LogP contribution in [0.3, 0.4) is 0 Å². The molecule has 114 valence electrons. The number of nitrogens with one attached hydrogen (secondary N) is 1. The Kier molecular flexibility index (Phi) is 5.02. The molecular weight excluding hydrogens is 326 g/mol. The first-order valence-electron chi connectivity index (χ1n) is 8.12. The molecule has 0 fully saturated rings. The minimum Gasteiger partial charge on any atom is -0.490 e. The molecule has 3 atom stereocenters. The smallest absolute Gasteiger partial charge is 0.124 e. The van der Waals surface area contributed by atoms with Gasteiger partial charge in [-0.2, -0.15) is 0 Å². The largest absolute Gasteiger partial charge is 0.490 e. The van der Waals surface area contributed by atoms with E-state index in [1.54, 1.807) is 0 Å². The molecular formula is C18H24BrNO. The second-order valence-electron chi connectivity index (χ2n) is 6.13. The Balaban J connectivity index is 1.81. The Bertz CT molecular complexity index is 514. The van der Waals surface area contributed by atoms with Crippen molar-refractivity contribution < 1.29 is 4.74 Å². The van der Waals surface area contributed by atoms with Crippen LogP contribution in [-0.2, 0) is 0 Å². The van der Waals surface area contributed by atoms with Crippen LogP contribution in [0.15, 0.2) is 34.8 Å². The second kappa shape index (κ2) is 6.97. The van der Waals surface area contributed by atoms with Crippen LogP contribution in [0.25, 0.3) is 0 Å². The highest BCUT2D eigenvalue weighted by atomic mass is 79.9. The maximum absolute atomic E-state index is 6.34. The molecule has 2 aliphatic rings. The molecule has 3 unspecified atom stereocenters. The lowest BCUT2D eigenvalue weighted by molar-refractivity contribution is 0.0873. The lowest BCUT2D eigenvalue weighted by Crippen LogP contribution is -2.38. The van der Waals surface area contributed by atoms with Crippen LogP contribution in [0, 0.1) is 5.92 Å². The highest BCUT2D eigenvalue weighted by Gasteiger charge is 2.33. The fraction of sp³-hybridized carbons (Fsp3) is 0.556. The first kappa shape index (κ1) is 15.1. The molecule has 0 saturated carbocycles. The highest BCUT2D eigenvalue weighted by molar-refractivity contribution is 9.10. The van der Waals surface area contributed by atoms with Crippen molar-refractivity contribution in [2.75, 3.05) is 6.54 Å². The van der Waals surface area contributed by atoms with Crippen LogP contribution in [-0.4, -0.2) is 12.6 Å². The number of fused-ring (bicyclic) bond motifs is 1. The molecule has 0 spiro atoms. The summed E-state index contributed by atoms with van der Waals surface area (Å²) in [6.07, 6.45) is 10.8. The van der Waals surface area contributed by atoms with E-state index in [4.69, 9.17) is 4.74 Å². The van der Waals surface area contributed by atoms with Gasteiger partial charge < -0.3 is 10.1 Å². The van der Waals surface area contributed by atoms with Gasteiger partial charge in [-0.05, 0) is 56.3 Å². The highest BCUT2D eigenvalue weighted by Crippen LogP contribution is 2.40. The molecule has 0 aromatic heterocycles. The normalized spacial score (nSPS) is 28.0. The van der Waals surface area contributed by atoms with E-state index < -0.39 is 0 Å². The molecule has 2 nitrogen and oxygen atoms in total. The monoisotopic (exact) mass is 349 g/mol. The summed E-state index contributed by atoms with van der Waals surface area (Å²) in [7, 11) is 0. The van der Waals surface area contributed by atoms with Gasteiger partial charge in [-0.3, -0.25) is 0 Å². The minimum absolute atomic E-state index is 0.345. The number of ether oxygens (including phenoxy) is 1. The van der Waals surface area contributed by atoms with Gasteiger partial charge in [-0.15, -0.1) is 0 Å². The Hall–Kier alpha value is -0.800. The first-order chi connectivity index (χ1) is 10.3. The topological polar surface area (TPSA) is 21.3 Å². The van der Waals surface area contributed by atoms with Crippen molar-refractivity contribution in [1.29, 1.82) is 0 Å². The molecule has 1 aromatic rings. The molecule has 0 radical (unpaired) electrons. The molecule has 1 aliphatic carbocycles. The molecule has 1 aliphatic heterocycles. The van der Waals surface area contributed by atoms with Gasteiger partial charge >= 0.3 is 0 Å². The Morgan fingerprint density at radius 3 is 3.00 bits per heavy atom. The molecule has 0 amide bonds. The van der Waals surface area contributed by atoms with Gasteiger partial charge in [0.2, 0.25) is 0 Å². The second-order valence-corrected chi connectivity index (χ2v) is 7.04. The van der Waals surface area contributed by atoms with Crippen molar-refractivity contribution in [3.63, 3.8) is 0 Å². The third kappa shape index (κ3) is 3.51. The summed E-state index contributed by atoms with van der Waals surface area (Å²) in [6.45, 7) is 3.28.